The fourth-order valence-corrected chi connectivity index (χ4v) is 3.29. The second-order valence-electron chi connectivity index (χ2n) is 5.27. The number of carbonyl (C=O) groups is 2. The Kier molecular flexibility index (Phi) is 4.04. The fraction of sp³-hybridized carbons (Fsp3) is 0.429. The Balaban J connectivity index is 1.83. The van der Waals surface area contributed by atoms with Gasteiger partial charge in [0.2, 0.25) is 0 Å². The van der Waals surface area contributed by atoms with E-state index in [9.17, 15) is 9.59 Å². The maximum atomic E-state index is 12.7. The van der Waals surface area contributed by atoms with Gasteiger partial charge in [-0.2, -0.15) is 8.73 Å². The zero-order chi connectivity index (χ0) is 15.7. The molecule has 0 aliphatic carbocycles. The molecular weight excluding hydrogens is 306 g/mol. The van der Waals surface area contributed by atoms with Crippen molar-refractivity contribution >= 4 is 34.6 Å². The van der Waals surface area contributed by atoms with Gasteiger partial charge in [-0.3, -0.25) is 9.59 Å². The third-order valence-corrected chi connectivity index (χ3v) is 4.44. The predicted molar refractivity (Wildman–Crippen MR) is 80.5 cm³/mol. The van der Waals surface area contributed by atoms with Crippen LogP contribution in [0.5, 0.6) is 0 Å². The lowest BCUT2D eigenvalue weighted by atomic mass is 10.1. The van der Waals surface area contributed by atoms with Crippen molar-refractivity contribution < 1.29 is 19.4 Å². The number of carboxylic acid groups (broad SMARTS) is 1. The highest BCUT2D eigenvalue weighted by Crippen LogP contribution is 2.33. The van der Waals surface area contributed by atoms with Crippen LogP contribution in [-0.4, -0.2) is 47.7 Å². The van der Waals surface area contributed by atoms with E-state index in [0.29, 0.717) is 24.2 Å². The standard InChI is InChI=1S/C14H15N3O4S/c1-21-10-5-9(6-13(18)19)17(7-10)14(20)8-2-3-11-12(4-8)16-22-15-11/h2-4,9-10H,5-7H2,1H3,(H,18,19). The summed E-state index contributed by atoms with van der Waals surface area (Å²) in [5.41, 5.74) is 1.92. The number of hydrogen-bond acceptors (Lipinski definition) is 5. The number of rotatable bonds is 4. The minimum absolute atomic E-state index is 0.0773. The number of ether oxygens (including phenoxy) is 1. The average Bonchev–Trinajstić information content (AvgIpc) is 3.11. The number of hydrogen-bond donors (Lipinski definition) is 1. The van der Waals surface area contributed by atoms with Crippen molar-refractivity contribution in [3.63, 3.8) is 0 Å². The second kappa shape index (κ2) is 5.98. The van der Waals surface area contributed by atoms with E-state index >= 15 is 0 Å². The van der Waals surface area contributed by atoms with E-state index in [1.807, 2.05) is 0 Å². The van der Waals surface area contributed by atoms with Crippen molar-refractivity contribution in [2.75, 3.05) is 13.7 Å². The Bertz CT molecular complexity index is 699. The van der Waals surface area contributed by atoms with Gasteiger partial charge in [-0.1, -0.05) is 0 Å². The summed E-state index contributed by atoms with van der Waals surface area (Å²) in [6.45, 7) is 0.403. The van der Waals surface area contributed by atoms with Crippen molar-refractivity contribution in [3.05, 3.63) is 23.8 Å². The molecule has 7 nitrogen and oxygen atoms in total. The minimum Gasteiger partial charge on any atom is -0.481 e. The number of benzene rings is 1. The number of fused-ring (bicyclic) bond motifs is 1. The van der Waals surface area contributed by atoms with Crippen LogP contribution < -0.4 is 0 Å². The van der Waals surface area contributed by atoms with Gasteiger partial charge in [-0.15, -0.1) is 0 Å². The Hall–Kier alpha value is -2.06. The molecule has 0 spiro atoms. The molecule has 22 heavy (non-hydrogen) atoms. The van der Waals surface area contributed by atoms with Gasteiger partial charge in [0.25, 0.3) is 5.91 Å². The molecule has 2 atom stereocenters. The highest BCUT2D eigenvalue weighted by Gasteiger charge is 2.37. The van der Waals surface area contributed by atoms with E-state index in [-0.39, 0.29) is 24.5 Å². The molecule has 2 heterocycles. The number of nitrogens with zero attached hydrogens (tertiary/aromatic N) is 3. The van der Waals surface area contributed by atoms with Crippen LogP contribution in [0.25, 0.3) is 0 Å². The van der Waals surface area contributed by atoms with Gasteiger partial charge < -0.3 is 14.7 Å². The zero-order valence-electron chi connectivity index (χ0n) is 11.9. The summed E-state index contributed by atoms with van der Waals surface area (Å²) in [5, 5.41) is 9.02. The number of aliphatic carboxylic acids is 1. The molecule has 0 radical (unpaired) electrons. The summed E-state index contributed by atoms with van der Waals surface area (Å²) in [4.78, 5) is 25.3. The van der Waals surface area contributed by atoms with Crippen LogP contribution in [0, 0.1) is 0 Å². The molecule has 1 amide bonds. The molecule has 116 valence electrons. The largest absolute Gasteiger partial charge is 0.481 e. The lowest BCUT2D eigenvalue weighted by Gasteiger charge is -2.23. The summed E-state index contributed by atoms with van der Waals surface area (Å²) in [6, 6.07) is 4.80. The SMILES string of the molecule is COC1CC(CC(=O)O)N(C(=O)c2ccc3c(c2)N=S=N3)C1. The van der Waals surface area contributed by atoms with Crippen molar-refractivity contribution in [2.24, 2.45) is 8.73 Å². The summed E-state index contributed by atoms with van der Waals surface area (Å²) in [5.74, 6) is -1.11. The van der Waals surface area contributed by atoms with Crippen LogP contribution in [0.15, 0.2) is 26.9 Å². The van der Waals surface area contributed by atoms with Gasteiger partial charge in [0.05, 0.1) is 23.9 Å². The van der Waals surface area contributed by atoms with Gasteiger partial charge in [0.1, 0.15) is 11.4 Å². The van der Waals surface area contributed by atoms with Crippen LogP contribution in [0.4, 0.5) is 11.4 Å². The molecule has 2 aliphatic rings. The summed E-state index contributed by atoms with van der Waals surface area (Å²) >= 11 is 1.10. The number of amides is 1. The van der Waals surface area contributed by atoms with Gasteiger partial charge >= 0.3 is 5.97 Å². The number of methoxy groups -OCH3 is 1. The molecule has 1 saturated heterocycles. The zero-order valence-corrected chi connectivity index (χ0v) is 12.7. The molecule has 0 aromatic heterocycles. The van der Waals surface area contributed by atoms with E-state index in [0.717, 1.165) is 17.0 Å². The average molecular weight is 321 g/mol. The first-order chi connectivity index (χ1) is 10.6. The molecule has 8 heteroatoms. The number of likely N-dealkylation sites (tertiary alicyclic amines) is 1. The van der Waals surface area contributed by atoms with E-state index in [2.05, 4.69) is 8.73 Å². The van der Waals surface area contributed by atoms with Crippen LogP contribution in [0.3, 0.4) is 0 Å². The number of carboxylic acids is 1. The summed E-state index contributed by atoms with van der Waals surface area (Å²) in [6.07, 6.45) is 0.333. The molecule has 1 fully saturated rings. The lowest BCUT2D eigenvalue weighted by Crippen LogP contribution is -2.37. The second-order valence-corrected chi connectivity index (χ2v) is 5.80. The van der Waals surface area contributed by atoms with Crippen LogP contribution in [0.1, 0.15) is 23.2 Å². The smallest absolute Gasteiger partial charge is 0.305 e. The third kappa shape index (κ3) is 2.79. The van der Waals surface area contributed by atoms with Gasteiger partial charge in [-0.05, 0) is 24.6 Å². The molecule has 0 saturated carbocycles. The molecule has 1 N–H and O–H groups in total. The van der Waals surface area contributed by atoms with Crippen molar-refractivity contribution in [2.45, 2.75) is 25.0 Å². The predicted octanol–water partition coefficient (Wildman–Crippen LogP) is 2.12. The number of carbonyl (C=O) groups excluding carboxylic acids is 1. The quantitative estimate of drug-likeness (QED) is 0.933. The molecule has 3 rings (SSSR count). The van der Waals surface area contributed by atoms with Crippen LogP contribution in [0.2, 0.25) is 0 Å². The molecule has 0 bridgehead atoms. The van der Waals surface area contributed by atoms with Crippen molar-refractivity contribution in [1.29, 1.82) is 0 Å². The lowest BCUT2D eigenvalue weighted by molar-refractivity contribution is -0.137. The van der Waals surface area contributed by atoms with Crippen molar-refractivity contribution in [3.8, 4) is 0 Å². The molecular formula is C14H15N3O4S. The molecule has 2 aliphatic heterocycles. The van der Waals surface area contributed by atoms with E-state index in [1.165, 1.54) is 0 Å². The summed E-state index contributed by atoms with van der Waals surface area (Å²) in [7, 11) is 1.57. The Labute approximate surface area is 130 Å². The first kappa shape index (κ1) is 14.9. The highest BCUT2D eigenvalue weighted by atomic mass is 32.1. The molecule has 1 aromatic rings. The van der Waals surface area contributed by atoms with E-state index < -0.39 is 5.97 Å². The maximum Gasteiger partial charge on any atom is 0.305 e. The van der Waals surface area contributed by atoms with Gasteiger partial charge in [-0.25, -0.2) is 0 Å². The first-order valence-corrected chi connectivity index (χ1v) is 7.59. The third-order valence-electron chi connectivity index (χ3n) is 3.88. The Morgan fingerprint density at radius 2 is 2.18 bits per heavy atom. The van der Waals surface area contributed by atoms with Crippen LogP contribution in [-0.2, 0) is 20.9 Å². The Morgan fingerprint density at radius 3 is 2.91 bits per heavy atom. The van der Waals surface area contributed by atoms with Crippen molar-refractivity contribution in [1.82, 2.24) is 4.90 Å². The molecule has 1 aromatic carbocycles. The first-order valence-electron chi connectivity index (χ1n) is 6.86. The monoisotopic (exact) mass is 321 g/mol. The highest BCUT2D eigenvalue weighted by molar-refractivity contribution is 7.58. The minimum atomic E-state index is -0.918. The fourth-order valence-electron chi connectivity index (χ4n) is 2.77. The normalized spacial score (nSPS) is 22.5. The van der Waals surface area contributed by atoms with Gasteiger partial charge in [0.15, 0.2) is 0 Å². The Morgan fingerprint density at radius 1 is 1.41 bits per heavy atom. The summed E-state index contributed by atoms with van der Waals surface area (Å²) < 4.78 is 13.5. The molecule has 2 unspecified atom stereocenters. The van der Waals surface area contributed by atoms with Crippen LogP contribution >= 0.6 is 0 Å². The van der Waals surface area contributed by atoms with E-state index in [4.69, 9.17) is 9.84 Å². The topological polar surface area (TPSA) is 91.6 Å². The van der Waals surface area contributed by atoms with E-state index in [1.54, 1.807) is 30.2 Å². The maximum absolute atomic E-state index is 12.7. The van der Waals surface area contributed by atoms with Gasteiger partial charge in [0, 0.05) is 25.3 Å².